The highest BCUT2D eigenvalue weighted by Gasteiger charge is 2.28. The summed E-state index contributed by atoms with van der Waals surface area (Å²) in [6.45, 7) is 2.22. The van der Waals surface area contributed by atoms with Crippen LogP contribution in [-0.4, -0.2) is 80.0 Å². The molecule has 0 bridgehead atoms. The SMILES string of the molecule is N=C(N)c1cccc(C=CCN(c2ccc(OC3CCN(C4=NCCCC4)CC3)c(C(N)=O)c2)S(=O)(=O)CC(=O)O)c1. The second-order valence-corrected chi connectivity index (χ2v) is 12.1. The quantitative estimate of drug-likeness (QED) is 0.224. The molecule has 2 aliphatic rings. The Morgan fingerprint density at radius 1 is 1.14 bits per heavy atom. The number of carboxylic acid groups (broad SMARTS) is 1. The van der Waals surface area contributed by atoms with Gasteiger partial charge in [-0.25, -0.2) is 8.42 Å². The number of carbonyl (C=O) groups excluding carboxylic acids is 1. The third kappa shape index (κ3) is 7.87. The summed E-state index contributed by atoms with van der Waals surface area (Å²) in [4.78, 5) is 30.7. The molecular weight excluding hydrogens is 560 g/mol. The van der Waals surface area contributed by atoms with Crippen LogP contribution in [-0.2, 0) is 14.8 Å². The number of carbonyl (C=O) groups is 2. The Bertz CT molecular complexity index is 1500. The van der Waals surface area contributed by atoms with E-state index in [1.165, 1.54) is 24.3 Å². The molecule has 0 unspecified atom stereocenters. The fraction of sp³-hybridized carbons (Fsp3) is 0.379. The van der Waals surface area contributed by atoms with Gasteiger partial charge in [-0.05, 0) is 42.7 Å². The second-order valence-electron chi connectivity index (χ2n) is 10.2. The molecule has 12 nitrogen and oxygen atoms in total. The smallest absolute Gasteiger partial charge is 0.320 e. The average molecular weight is 597 g/mol. The summed E-state index contributed by atoms with van der Waals surface area (Å²) in [6, 6.07) is 11.1. The molecule has 2 aromatic carbocycles. The normalized spacial score (nSPS) is 16.2. The number of hydrogen-bond acceptors (Lipinski definition) is 8. The number of ether oxygens (including phenoxy) is 1. The fourth-order valence-electron chi connectivity index (χ4n) is 5.03. The lowest BCUT2D eigenvalue weighted by atomic mass is 10.0. The van der Waals surface area contributed by atoms with Crippen molar-refractivity contribution in [2.75, 3.05) is 36.2 Å². The van der Waals surface area contributed by atoms with Gasteiger partial charge in [-0.3, -0.25) is 24.3 Å². The number of nitrogens with two attached hydrogens (primary N) is 2. The molecule has 13 heteroatoms. The number of nitrogens with zero attached hydrogens (tertiary/aromatic N) is 3. The van der Waals surface area contributed by atoms with Crippen molar-refractivity contribution < 1.29 is 27.9 Å². The molecule has 0 atom stereocenters. The zero-order valence-electron chi connectivity index (χ0n) is 23.2. The Kier molecular flexibility index (Phi) is 9.84. The third-order valence-electron chi connectivity index (χ3n) is 7.14. The van der Waals surface area contributed by atoms with Gasteiger partial charge in [0.05, 0.1) is 23.6 Å². The number of carboxylic acids is 1. The van der Waals surface area contributed by atoms with Crippen molar-refractivity contribution in [2.45, 2.75) is 38.2 Å². The zero-order chi connectivity index (χ0) is 30.3. The maximum Gasteiger partial charge on any atom is 0.320 e. The van der Waals surface area contributed by atoms with E-state index >= 15 is 0 Å². The van der Waals surface area contributed by atoms with Crippen LogP contribution in [0.15, 0.2) is 53.5 Å². The molecule has 0 aromatic heterocycles. The van der Waals surface area contributed by atoms with E-state index in [4.69, 9.17) is 21.6 Å². The predicted octanol–water partition coefficient (Wildman–Crippen LogP) is 2.43. The largest absolute Gasteiger partial charge is 0.489 e. The van der Waals surface area contributed by atoms with Gasteiger partial charge in [0.1, 0.15) is 17.7 Å². The standard InChI is InChI=1S/C29H36N6O6S/c30-28(31)21-7-3-5-20(17-21)6-4-14-35(42(39,40)19-27(36)37)22-9-10-25(24(18-22)29(32)38)41-23-11-15-34(16-12-23)26-8-1-2-13-33-26/h3-7,9-10,17-18,23H,1-2,8,11-16,19H2,(H3,30,31)(H2,32,38)(H,36,37). The Balaban J connectivity index is 1.54. The molecule has 224 valence electrons. The van der Waals surface area contributed by atoms with Crippen LogP contribution >= 0.6 is 0 Å². The first-order chi connectivity index (χ1) is 20.0. The summed E-state index contributed by atoms with van der Waals surface area (Å²) in [5, 5.41) is 16.8. The van der Waals surface area contributed by atoms with Gasteiger partial charge >= 0.3 is 5.97 Å². The molecule has 2 aromatic rings. The lowest BCUT2D eigenvalue weighted by Crippen LogP contribution is -2.42. The maximum atomic E-state index is 13.1. The van der Waals surface area contributed by atoms with Crippen LogP contribution in [0, 0.1) is 5.41 Å². The van der Waals surface area contributed by atoms with Crippen LogP contribution in [0.4, 0.5) is 5.69 Å². The number of nitrogens with one attached hydrogen (secondary N) is 1. The van der Waals surface area contributed by atoms with Gasteiger partial charge in [-0.15, -0.1) is 0 Å². The van der Waals surface area contributed by atoms with Gasteiger partial charge in [0.15, 0.2) is 5.75 Å². The van der Waals surface area contributed by atoms with Crippen molar-refractivity contribution in [3.05, 3.63) is 65.2 Å². The highest BCUT2D eigenvalue weighted by molar-refractivity contribution is 7.93. The van der Waals surface area contributed by atoms with E-state index < -0.39 is 27.7 Å². The fourth-order valence-corrected chi connectivity index (χ4v) is 6.24. The number of nitrogen functional groups attached to an aromatic ring is 1. The van der Waals surface area contributed by atoms with Crippen molar-refractivity contribution in [1.29, 1.82) is 5.41 Å². The van der Waals surface area contributed by atoms with Crippen LogP contribution in [0.2, 0.25) is 0 Å². The number of sulfonamides is 1. The highest BCUT2D eigenvalue weighted by atomic mass is 32.2. The van der Waals surface area contributed by atoms with Gasteiger partial charge < -0.3 is 26.2 Å². The molecule has 0 spiro atoms. The third-order valence-corrected chi connectivity index (χ3v) is 8.78. The molecule has 2 heterocycles. The van der Waals surface area contributed by atoms with Gasteiger partial charge in [0.25, 0.3) is 5.91 Å². The molecule has 6 N–H and O–H groups in total. The number of primary amides is 1. The predicted molar refractivity (Wildman–Crippen MR) is 162 cm³/mol. The van der Waals surface area contributed by atoms with E-state index in [0.717, 1.165) is 61.9 Å². The monoisotopic (exact) mass is 596 g/mol. The number of likely N-dealkylation sites (tertiary alicyclic amines) is 1. The van der Waals surface area contributed by atoms with Crippen LogP contribution < -0.4 is 20.5 Å². The highest BCUT2D eigenvalue weighted by Crippen LogP contribution is 2.30. The van der Waals surface area contributed by atoms with E-state index in [1.807, 2.05) is 0 Å². The Morgan fingerprint density at radius 2 is 1.90 bits per heavy atom. The molecule has 0 saturated carbocycles. The minimum absolute atomic E-state index is 0.000231. The number of rotatable bonds is 11. The summed E-state index contributed by atoms with van der Waals surface area (Å²) in [5.74, 6) is -2.18. The van der Waals surface area contributed by atoms with Crippen molar-refractivity contribution in [1.82, 2.24) is 4.90 Å². The van der Waals surface area contributed by atoms with Crippen molar-refractivity contribution >= 4 is 45.3 Å². The Hall–Kier alpha value is -4.39. The minimum Gasteiger partial charge on any atom is -0.489 e. The molecule has 42 heavy (non-hydrogen) atoms. The number of aliphatic carboxylic acids is 1. The molecule has 0 radical (unpaired) electrons. The molecule has 4 rings (SSSR count). The number of amidine groups is 2. The van der Waals surface area contributed by atoms with Gasteiger partial charge in [-0.2, -0.15) is 0 Å². The minimum atomic E-state index is -4.33. The first-order valence-electron chi connectivity index (χ1n) is 13.8. The Morgan fingerprint density at radius 3 is 2.55 bits per heavy atom. The topological polar surface area (TPSA) is 192 Å². The van der Waals surface area contributed by atoms with Crippen molar-refractivity contribution in [3.63, 3.8) is 0 Å². The summed E-state index contributed by atoms with van der Waals surface area (Å²) in [6.07, 6.45) is 7.72. The van der Waals surface area contributed by atoms with Crippen LogP contribution in [0.25, 0.3) is 6.08 Å². The Labute approximate surface area is 245 Å². The summed E-state index contributed by atoms with van der Waals surface area (Å²) in [7, 11) is -4.33. The zero-order valence-corrected chi connectivity index (χ0v) is 24.1. The summed E-state index contributed by atoms with van der Waals surface area (Å²) in [5.41, 5.74) is 12.5. The summed E-state index contributed by atoms with van der Waals surface area (Å²) < 4.78 is 33.2. The number of anilines is 1. The van der Waals surface area contributed by atoms with E-state index in [2.05, 4.69) is 9.89 Å². The lowest BCUT2D eigenvalue weighted by molar-refractivity contribution is -0.134. The van der Waals surface area contributed by atoms with E-state index in [-0.39, 0.29) is 35.5 Å². The maximum absolute atomic E-state index is 13.1. The molecular formula is C29H36N6O6S. The van der Waals surface area contributed by atoms with Crippen LogP contribution in [0.5, 0.6) is 5.75 Å². The number of hydrogen-bond donors (Lipinski definition) is 4. The summed E-state index contributed by atoms with van der Waals surface area (Å²) >= 11 is 0. The van der Waals surface area contributed by atoms with Crippen LogP contribution in [0.1, 0.15) is 53.6 Å². The van der Waals surface area contributed by atoms with Crippen molar-refractivity contribution in [3.8, 4) is 5.75 Å². The molecule has 1 fully saturated rings. The molecule has 1 amide bonds. The first kappa shape index (κ1) is 30.6. The first-order valence-corrected chi connectivity index (χ1v) is 15.4. The molecule has 2 aliphatic heterocycles. The second kappa shape index (κ2) is 13.5. The average Bonchev–Trinajstić information content (AvgIpc) is 2.96. The lowest BCUT2D eigenvalue weighted by Gasteiger charge is -2.35. The van der Waals surface area contributed by atoms with Gasteiger partial charge in [0.2, 0.25) is 10.0 Å². The van der Waals surface area contributed by atoms with E-state index in [9.17, 15) is 23.1 Å². The van der Waals surface area contributed by atoms with E-state index in [1.54, 1.807) is 30.3 Å². The van der Waals surface area contributed by atoms with Crippen molar-refractivity contribution in [2.24, 2.45) is 16.5 Å². The number of piperidine rings is 1. The molecule has 0 aliphatic carbocycles. The number of aliphatic imine (C=N–C) groups is 1. The van der Waals surface area contributed by atoms with Gasteiger partial charge in [-0.1, -0.05) is 30.4 Å². The van der Waals surface area contributed by atoms with Crippen LogP contribution in [0.3, 0.4) is 0 Å². The number of amides is 1. The van der Waals surface area contributed by atoms with Gasteiger partial charge in [0, 0.05) is 44.5 Å². The van der Waals surface area contributed by atoms with E-state index in [0.29, 0.717) is 11.1 Å². The molecule has 1 saturated heterocycles. The number of benzene rings is 2.